The van der Waals surface area contributed by atoms with Crippen molar-refractivity contribution < 1.29 is 54.2 Å². The van der Waals surface area contributed by atoms with Crippen molar-refractivity contribution in [3.63, 3.8) is 0 Å². The number of aromatic nitrogens is 6. The molecular weight excluding hydrogens is 1460 g/mol. The van der Waals surface area contributed by atoms with Gasteiger partial charge in [0.1, 0.15) is 22.9 Å². The number of para-hydroxylation sites is 1. The van der Waals surface area contributed by atoms with E-state index in [-0.39, 0.29) is 61.7 Å². The summed E-state index contributed by atoms with van der Waals surface area (Å²) < 4.78 is 100. The lowest BCUT2D eigenvalue weighted by molar-refractivity contribution is 0.0949. The molecule has 0 atom stereocenters. The number of nitrogens with one attached hydrogen (secondary N) is 5. The number of carbonyl (C=O) groups excluding carboxylic acids is 3. The number of amides is 3. The molecule has 0 spiro atoms. The lowest BCUT2D eigenvalue weighted by atomic mass is 10.0. The van der Waals surface area contributed by atoms with Crippen molar-refractivity contribution in [2.24, 2.45) is 0 Å². The summed E-state index contributed by atoms with van der Waals surface area (Å²) in [5.74, 6) is -0.510. The van der Waals surface area contributed by atoms with E-state index >= 15 is 0 Å². The summed E-state index contributed by atoms with van der Waals surface area (Å²) in [6.45, 7) is 0.0760. The van der Waals surface area contributed by atoms with Crippen LogP contribution in [0.25, 0.3) is 49.8 Å². The molecule has 520 valence electrons. The van der Waals surface area contributed by atoms with Gasteiger partial charge in [0.25, 0.3) is 17.7 Å². The zero-order valence-corrected chi connectivity index (χ0v) is 60.5. The highest BCUT2D eigenvalue weighted by Crippen LogP contribution is 2.49. The lowest BCUT2D eigenvalue weighted by Gasteiger charge is -2.25. The molecular formula is C69H74Br2FN13O11S3. The summed E-state index contributed by atoms with van der Waals surface area (Å²) in [4.78, 5) is 38.6. The topological polar surface area (TPSA) is 314 Å². The number of rotatable bonds is 23. The summed E-state index contributed by atoms with van der Waals surface area (Å²) >= 11 is 6.83. The zero-order valence-electron chi connectivity index (χ0n) is 54.9. The molecule has 99 heavy (non-hydrogen) atoms. The van der Waals surface area contributed by atoms with Gasteiger partial charge in [-0.05, 0) is 207 Å². The summed E-state index contributed by atoms with van der Waals surface area (Å²) in [5.41, 5.74) is 10.1. The Morgan fingerprint density at radius 3 is 1.20 bits per heavy atom. The second kappa shape index (κ2) is 29.6. The van der Waals surface area contributed by atoms with Gasteiger partial charge in [-0.2, -0.15) is 15.3 Å². The number of hydrogen-bond acceptors (Lipinski definition) is 15. The molecule has 3 heterocycles. The van der Waals surface area contributed by atoms with E-state index in [1.807, 2.05) is 66.7 Å². The first-order valence-corrected chi connectivity index (χ1v) is 39.0. The van der Waals surface area contributed by atoms with Crippen molar-refractivity contribution in [2.75, 3.05) is 84.9 Å². The van der Waals surface area contributed by atoms with Crippen molar-refractivity contribution in [3.8, 4) is 17.1 Å². The van der Waals surface area contributed by atoms with Crippen LogP contribution in [0.2, 0.25) is 0 Å². The number of nitrogens with zero attached hydrogens (tertiary/aromatic N) is 8. The predicted octanol–water partition coefficient (Wildman–Crippen LogP) is 10.9. The Morgan fingerprint density at radius 1 is 0.505 bits per heavy atom. The second-order valence-electron chi connectivity index (χ2n) is 24.5. The Hall–Kier alpha value is -8.78. The third-order valence-corrected chi connectivity index (χ3v) is 20.9. The fourth-order valence-corrected chi connectivity index (χ4v) is 14.9. The van der Waals surface area contributed by atoms with Crippen LogP contribution in [-0.2, 0) is 30.1 Å². The number of carbonyl (C=O) groups is 3. The van der Waals surface area contributed by atoms with Gasteiger partial charge >= 0.3 is 0 Å². The Morgan fingerprint density at radius 2 is 0.859 bits per heavy atom. The second-order valence-corrected chi connectivity index (χ2v) is 31.9. The molecule has 7 N–H and O–H groups in total. The number of benzene rings is 7. The Bertz CT molecular complexity index is 5080. The molecule has 0 bridgehead atoms. The molecule has 0 saturated heterocycles. The zero-order chi connectivity index (χ0) is 70.8. The predicted molar refractivity (Wildman–Crippen MR) is 391 cm³/mol. The van der Waals surface area contributed by atoms with Crippen LogP contribution in [0.15, 0.2) is 142 Å². The number of fused-ring (bicyclic) bond motifs is 3. The van der Waals surface area contributed by atoms with Gasteiger partial charge in [-0.3, -0.25) is 27.7 Å². The van der Waals surface area contributed by atoms with Gasteiger partial charge in [-0.15, -0.1) is 0 Å². The van der Waals surface area contributed by atoms with Gasteiger partial charge in [0.15, 0.2) is 0 Å². The molecule has 13 rings (SSSR count). The van der Waals surface area contributed by atoms with Gasteiger partial charge in [0.05, 0.1) is 75.1 Å². The van der Waals surface area contributed by atoms with E-state index in [4.69, 9.17) is 5.10 Å². The number of hydrogen-bond donors (Lipinski definition) is 7. The van der Waals surface area contributed by atoms with Crippen molar-refractivity contribution in [2.45, 2.75) is 69.1 Å². The van der Waals surface area contributed by atoms with E-state index in [1.54, 1.807) is 91.2 Å². The molecule has 0 radical (unpaired) electrons. The summed E-state index contributed by atoms with van der Waals surface area (Å²) in [5, 5.41) is 45.7. The van der Waals surface area contributed by atoms with Crippen LogP contribution in [0.3, 0.4) is 0 Å². The lowest BCUT2D eigenvalue weighted by Crippen LogP contribution is -2.32. The third-order valence-electron chi connectivity index (χ3n) is 16.9. The SMILES string of the molecule is CNC(=O)c1c2cc(C3CC3)c(N(CCCO)S(C)(=O)=O)cc2nn1-c1ccc(Br)cc1.CNC(=O)c1c2cc(C3CC3)c(N(CCCO)S(C)(=O)=O)cc2nn1-c1ccc(Nc2ccccc2F)cc1.CNC(=O)c1c2cc(C3CC3)c(NS(C)(=O)=O)cc2nn1-c1ccc(Br)cc1. The Kier molecular flexibility index (Phi) is 21.4. The molecule has 3 amide bonds. The maximum Gasteiger partial charge on any atom is 0.270 e. The number of aliphatic hydroxyl groups is 2. The molecule has 0 aliphatic heterocycles. The van der Waals surface area contributed by atoms with Crippen LogP contribution in [0.4, 0.5) is 32.8 Å². The first kappa shape index (κ1) is 71.5. The molecule has 7 aromatic carbocycles. The molecule has 10 aromatic rings. The first-order valence-electron chi connectivity index (χ1n) is 31.9. The molecule has 0 unspecified atom stereocenters. The summed E-state index contributed by atoms with van der Waals surface area (Å²) in [6, 6.07) is 39.3. The van der Waals surface area contributed by atoms with Crippen molar-refractivity contribution in [3.05, 3.63) is 182 Å². The minimum absolute atomic E-state index is 0.105. The van der Waals surface area contributed by atoms with Gasteiger partial charge in [0.2, 0.25) is 30.1 Å². The van der Waals surface area contributed by atoms with Crippen LogP contribution in [0.1, 0.15) is 117 Å². The van der Waals surface area contributed by atoms with Crippen LogP contribution >= 0.6 is 31.9 Å². The fraction of sp³-hybridized carbons (Fsp3) is 0.304. The van der Waals surface area contributed by atoms with Crippen LogP contribution in [0, 0.1) is 5.82 Å². The smallest absolute Gasteiger partial charge is 0.270 e. The standard InChI is InChI=1S/C28H30FN5O4S.C22H25BrN4O4S.C19H19BrN4O3S/c1-30-28(36)27-22-16-21(18-8-9-18)26(33(14-5-15-35)39(2,37)38)17-25(22)32-34(27)20-12-10-19(11-13-20)31-24-7-4-3-6-23(24)29;1-24-22(29)21-18-12-17(14-4-5-14)20(26(10-3-11-28)32(2,30)31)13-19(18)25-27(21)16-8-6-15(23)7-9-16;1-21-19(25)18-15-9-14(11-3-4-11)17(23-28(2,26)27)10-16(15)22-24(18)13-7-5-12(20)6-8-13/h3-4,6-7,10-13,16-18,31,35H,5,8-9,14-15H2,1-2H3,(H,30,36);6-9,12-14,28H,3-5,10-11H2,1-2H3,(H,24,29);5-11,23H,3-4H2,1-2H3,(H,21,25). The fourth-order valence-electron chi connectivity index (χ4n) is 11.8. The monoisotopic (exact) mass is 1530 g/mol. The molecule has 3 saturated carbocycles. The number of halogens is 3. The quantitative estimate of drug-likeness (QED) is 0.0313. The van der Waals surface area contributed by atoms with E-state index in [0.717, 1.165) is 88.0 Å². The normalized spacial score (nSPS) is 13.8. The molecule has 3 fully saturated rings. The maximum absolute atomic E-state index is 14.1. The molecule has 30 heteroatoms. The van der Waals surface area contributed by atoms with Crippen LogP contribution in [0.5, 0.6) is 0 Å². The maximum atomic E-state index is 14.1. The first-order chi connectivity index (χ1) is 47.2. The molecule has 3 aromatic heterocycles. The van der Waals surface area contributed by atoms with Crippen molar-refractivity contribution in [1.82, 2.24) is 45.3 Å². The van der Waals surface area contributed by atoms with Crippen LogP contribution < -0.4 is 34.6 Å². The highest BCUT2D eigenvalue weighted by Gasteiger charge is 2.36. The van der Waals surface area contributed by atoms with Crippen molar-refractivity contribution in [1.29, 1.82) is 0 Å². The van der Waals surface area contributed by atoms with E-state index in [0.29, 0.717) is 103 Å². The van der Waals surface area contributed by atoms with Crippen LogP contribution in [-0.4, -0.2) is 149 Å². The highest BCUT2D eigenvalue weighted by molar-refractivity contribution is 9.10. The molecule has 3 aliphatic rings. The van der Waals surface area contributed by atoms with E-state index in [1.165, 1.54) is 25.6 Å². The third kappa shape index (κ3) is 16.3. The molecule has 3 aliphatic carbocycles. The van der Waals surface area contributed by atoms with E-state index in [9.17, 15) is 54.2 Å². The molecule has 24 nitrogen and oxygen atoms in total. The number of anilines is 5. The summed E-state index contributed by atoms with van der Waals surface area (Å²) in [7, 11) is -5.92. The average molecular weight is 1540 g/mol. The Balaban J connectivity index is 0.000000152. The van der Waals surface area contributed by atoms with Gasteiger partial charge in [-0.25, -0.2) is 43.7 Å². The van der Waals surface area contributed by atoms with Gasteiger partial charge in [-0.1, -0.05) is 44.0 Å². The number of sulfonamides is 3. The van der Waals surface area contributed by atoms with E-state index in [2.05, 4.69) is 68.0 Å². The highest BCUT2D eigenvalue weighted by atomic mass is 79.9. The van der Waals surface area contributed by atoms with Gasteiger partial charge in [0, 0.05) is 78.2 Å². The minimum Gasteiger partial charge on any atom is -0.396 e. The largest absolute Gasteiger partial charge is 0.396 e. The minimum atomic E-state index is -3.62. The Labute approximate surface area is 589 Å². The number of aliphatic hydroxyl groups excluding tert-OH is 2. The van der Waals surface area contributed by atoms with Gasteiger partial charge < -0.3 is 31.5 Å². The average Bonchev–Trinajstić information content (AvgIpc) is 1.61. The van der Waals surface area contributed by atoms with Crippen molar-refractivity contribution >= 4 is 141 Å². The summed E-state index contributed by atoms with van der Waals surface area (Å²) in [6.07, 6.45) is 9.85. The van der Waals surface area contributed by atoms with E-state index < -0.39 is 30.1 Å².